The van der Waals surface area contributed by atoms with E-state index in [1.807, 2.05) is 6.92 Å². The summed E-state index contributed by atoms with van der Waals surface area (Å²) in [5.74, 6) is 0.0981. The zero-order chi connectivity index (χ0) is 18.7. The Morgan fingerprint density at radius 3 is 2.46 bits per heavy atom. The van der Waals surface area contributed by atoms with E-state index in [0.717, 1.165) is 44.9 Å². The van der Waals surface area contributed by atoms with E-state index >= 15 is 0 Å². The maximum absolute atomic E-state index is 12.3. The maximum atomic E-state index is 12.3. The first kappa shape index (κ1) is 17.6. The smallest absolute Gasteiger partial charge is 0.133 e. The molecule has 5 rings (SSSR count). The lowest BCUT2D eigenvalue weighted by molar-refractivity contribution is -0.196. The van der Waals surface area contributed by atoms with E-state index in [-0.39, 0.29) is 29.1 Å². The molecular formula is C21H32O5. The van der Waals surface area contributed by atoms with Gasteiger partial charge in [-0.1, -0.05) is 13.8 Å². The molecule has 5 nitrogen and oxygen atoms in total. The molecule has 5 heteroatoms. The molecule has 1 saturated heterocycles. The number of Topliss-reactive ketones (excluding diaryl/α,β-unsaturated/α-hetero) is 1. The predicted molar refractivity (Wildman–Crippen MR) is 94.3 cm³/mol. The Labute approximate surface area is 155 Å². The van der Waals surface area contributed by atoms with E-state index in [1.54, 1.807) is 6.92 Å². The standard InChI is InChI=1S/C21H32O5/c1-11(22)14-6-9-21-19(14,3)17(25)15(24)16-18(2)7-5-13(23)10-12(18)4-8-20(16,21)26-21/h12-17,23-25H,4-10H2,1-3H3/t12?,13?,14?,15?,16?,17?,18-,19-,20-,21+/m0/s1. The summed E-state index contributed by atoms with van der Waals surface area (Å²) in [4.78, 5) is 12.3. The highest BCUT2D eigenvalue weighted by Crippen LogP contribution is 2.80. The summed E-state index contributed by atoms with van der Waals surface area (Å²) in [5, 5.41) is 32.8. The van der Waals surface area contributed by atoms with Crippen LogP contribution in [-0.2, 0) is 9.53 Å². The average molecular weight is 364 g/mol. The Morgan fingerprint density at radius 1 is 1.04 bits per heavy atom. The normalized spacial score (nSPS) is 63.3. The van der Waals surface area contributed by atoms with Gasteiger partial charge in [0.2, 0.25) is 0 Å². The minimum Gasteiger partial charge on any atom is -0.393 e. The quantitative estimate of drug-likeness (QED) is 0.618. The molecule has 1 aliphatic heterocycles. The molecule has 0 bridgehead atoms. The van der Waals surface area contributed by atoms with Gasteiger partial charge >= 0.3 is 0 Å². The number of carbonyl (C=O) groups excluding carboxylic acids is 1. The zero-order valence-electron chi connectivity index (χ0n) is 16.1. The third-order valence-corrected chi connectivity index (χ3v) is 9.73. The topological polar surface area (TPSA) is 90.3 Å². The number of carbonyl (C=O) groups is 1. The molecule has 0 aromatic heterocycles. The summed E-state index contributed by atoms with van der Waals surface area (Å²) in [6.45, 7) is 5.82. The Kier molecular flexibility index (Phi) is 3.33. The van der Waals surface area contributed by atoms with Gasteiger partial charge in [-0.2, -0.15) is 0 Å². The van der Waals surface area contributed by atoms with Crippen LogP contribution >= 0.6 is 0 Å². The van der Waals surface area contributed by atoms with Gasteiger partial charge < -0.3 is 20.1 Å². The first-order valence-electron chi connectivity index (χ1n) is 10.4. The number of aliphatic hydroxyl groups excluding tert-OH is 3. The van der Waals surface area contributed by atoms with Crippen molar-refractivity contribution in [3.05, 3.63) is 0 Å². The number of ketones is 1. The molecule has 0 amide bonds. The minimum absolute atomic E-state index is 0.0976. The van der Waals surface area contributed by atoms with Gasteiger partial charge in [0, 0.05) is 17.3 Å². The van der Waals surface area contributed by atoms with Gasteiger partial charge in [0.15, 0.2) is 0 Å². The van der Waals surface area contributed by atoms with E-state index in [2.05, 4.69) is 6.92 Å². The summed E-state index contributed by atoms with van der Waals surface area (Å²) in [7, 11) is 0. The van der Waals surface area contributed by atoms with Crippen molar-refractivity contribution >= 4 is 5.78 Å². The molecule has 4 aliphatic carbocycles. The number of hydrogen-bond donors (Lipinski definition) is 3. The van der Waals surface area contributed by atoms with Crippen LogP contribution in [0.25, 0.3) is 0 Å². The molecule has 1 heterocycles. The van der Waals surface area contributed by atoms with Crippen LogP contribution in [0.1, 0.15) is 65.7 Å². The Morgan fingerprint density at radius 2 is 1.77 bits per heavy atom. The summed E-state index contributed by atoms with van der Waals surface area (Å²) in [5.41, 5.74) is -1.70. The molecule has 10 atom stereocenters. The first-order chi connectivity index (χ1) is 12.1. The van der Waals surface area contributed by atoms with Crippen LogP contribution < -0.4 is 0 Å². The highest BCUT2D eigenvalue weighted by Gasteiger charge is 2.90. The fourth-order valence-electron chi connectivity index (χ4n) is 8.48. The molecule has 146 valence electrons. The third kappa shape index (κ3) is 1.63. The highest BCUT2D eigenvalue weighted by molar-refractivity contribution is 5.80. The van der Waals surface area contributed by atoms with E-state index in [1.165, 1.54) is 0 Å². The zero-order valence-corrected chi connectivity index (χ0v) is 16.1. The first-order valence-corrected chi connectivity index (χ1v) is 10.4. The lowest BCUT2D eigenvalue weighted by Gasteiger charge is -2.60. The van der Waals surface area contributed by atoms with Crippen LogP contribution in [0.5, 0.6) is 0 Å². The molecule has 4 saturated carbocycles. The summed E-state index contributed by atoms with van der Waals surface area (Å²) in [6, 6.07) is 0. The van der Waals surface area contributed by atoms with Crippen molar-refractivity contribution < 1.29 is 24.9 Å². The van der Waals surface area contributed by atoms with Crippen molar-refractivity contribution in [1.82, 2.24) is 0 Å². The number of fused-ring (bicyclic) bond motifs is 2. The lowest BCUT2D eigenvalue weighted by Crippen LogP contribution is -2.69. The second kappa shape index (κ2) is 4.91. The van der Waals surface area contributed by atoms with Gasteiger partial charge in [-0.25, -0.2) is 0 Å². The largest absolute Gasteiger partial charge is 0.393 e. The predicted octanol–water partition coefficient (Wildman–Crippen LogP) is 1.81. The Bertz CT molecular complexity index is 665. The molecule has 3 N–H and O–H groups in total. The molecular weight excluding hydrogens is 332 g/mol. The van der Waals surface area contributed by atoms with Crippen LogP contribution in [0.15, 0.2) is 0 Å². The SMILES string of the molecule is CC(=O)C1CC[C@]23O[C@]24CCC2CC(O)CC[C@]2(C)C4C(O)C(O)[C@]13C. The van der Waals surface area contributed by atoms with Gasteiger partial charge in [0.25, 0.3) is 0 Å². The highest BCUT2D eigenvalue weighted by atomic mass is 16.6. The molecule has 0 aromatic rings. The van der Waals surface area contributed by atoms with Crippen molar-refractivity contribution in [3.63, 3.8) is 0 Å². The van der Waals surface area contributed by atoms with Crippen LogP contribution in [0, 0.1) is 28.6 Å². The minimum atomic E-state index is -0.943. The number of rotatable bonds is 1. The fraction of sp³-hybridized carbons (Fsp3) is 0.952. The summed E-state index contributed by atoms with van der Waals surface area (Å²) in [6.07, 6.45) is 3.74. The molecule has 5 aliphatic rings. The maximum Gasteiger partial charge on any atom is 0.133 e. The van der Waals surface area contributed by atoms with Crippen molar-refractivity contribution in [2.45, 2.75) is 95.2 Å². The number of hydrogen-bond acceptors (Lipinski definition) is 5. The number of aliphatic hydroxyl groups is 3. The van der Waals surface area contributed by atoms with Crippen LogP contribution in [0.2, 0.25) is 0 Å². The molecule has 0 aromatic carbocycles. The van der Waals surface area contributed by atoms with E-state index in [4.69, 9.17) is 4.74 Å². The van der Waals surface area contributed by atoms with E-state index < -0.39 is 28.8 Å². The second-order valence-corrected chi connectivity index (χ2v) is 10.4. The van der Waals surface area contributed by atoms with E-state index in [9.17, 15) is 20.1 Å². The number of ether oxygens (including phenoxy) is 1. The average Bonchev–Trinajstić information content (AvgIpc) is 3.11. The summed E-state index contributed by atoms with van der Waals surface area (Å²) < 4.78 is 6.61. The van der Waals surface area contributed by atoms with Crippen molar-refractivity contribution in [2.75, 3.05) is 0 Å². The summed E-state index contributed by atoms with van der Waals surface area (Å²) >= 11 is 0. The molecule has 0 radical (unpaired) electrons. The van der Waals surface area contributed by atoms with Crippen LogP contribution in [0.4, 0.5) is 0 Å². The van der Waals surface area contributed by atoms with Gasteiger partial charge in [-0.3, -0.25) is 4.79 Å². The van der Waals surface area contributed by atoms with Crippen molar-refractivity contribution in [3.8, 4) is 0 Å². The molecule has 26 heavy (non-hydrogen) atoms. The monoisotopic (exact) mass is 364 g/mol. The fourth-order valence-corrected chi connectivity index (χ4v) is 8.48. The molecule has 6 unspecified atom stereocenters. The molecule has 2 spiro atoms. The van der Waals surface area contributed by atoms with Gasteiger partial charge in [-0.15, -0.1) is 0 Å². The number of epoxide rings is 1. The van der Waals surface area contributed by atoms with Crippen LogP contribution in [-0.4, -0.2) is 50.6 Å². The van der Waals surface area contributed by atoms with Gasteiger partial charge in [-0.05, 0) is 63.2 Å². The third-order valence-electron chi connectivity index (χ3n) is 9.73. The Hall–Kier alpha value is -0.490. The Balaban J connectivity index is 1.61. The van der Waals surface area contributed by atoms with Crippen molar-refractivity contribution in [2.24, 2.45) is 28.6 Å². The van der Waals surface area contributed by atoms with Crippen molar-refractivity contribution in [1.29, 1.82) is 0 Å². The van der Waals surface area contributed by atoms with Crippen LogP contribution in [0.3, 0.4) is 0 Å². The van der Waals surface area contributed by atoms with Gasteiger partial charge in [0.05, 0.1) is 18.3 Å². The van der Waals surface area contributed by atoms with Gasteiger partial charge in [0.1, 0.15) is 17.0 Å². The molecule has 5 fully saturated rings. The van der Waals surface area contributed by atoms with E-state index in [0.29, 0.717) is 5.92 Å². The second-order valence-electron chi connectivity index (χ2n) is 10.4. The lowest BCUT2D eigenvalue weighted by atomic mass is 9.43.